The van der Waals surface area contributed by atoms with E-state index in [4.69, 9.17) is 4.74 Å². The minimum Gasteiger partial charge on any atom is -0.466 e. The van der Waals surface area contributed by atoms with Gasteiger partial charge in [0.05, 0.1) is 13.2 Å². The number of amides is 1. The van der Waals surface area contributed by atoms with Gasteiger partial charge in [-0.15, -0.1) is 0 Å². The van der Waals surface area contributed by atoms with Crippen molar-refractivity contribution in [3.63, 3.8) is 0 Å². The predicted molar refractivity (Wildman–Crippen MR) is 153 cm³/mol. The molecule has 2 aliphatic rings. The predicted octanol–water partition coefficient (Wildman–Crippen LogP) is 7.00. The average molecular weight is 511 g/mol. The van der Waals surface area contributed by atoms with Gasteiger partial charge in [-0.05, 0) is 78.1 Å². The molecule has 1 atom stereocenters. The van der Waals surface area contributed by atoms with Crippen molar-refractivity contribution in [1.82, 2.24) is 0 Å². The average Bonchev–Trinajstić information content (AvgIpc) is 2.96. The fourth-order valence-corrected chi connectivity index (χ4v) is 5.78. The number of carbonyl (C=O) groups excluding carboxylic acids is 2. The van der Waals surface area contributed by atoms with Crippen LogP contribution in [0.25, 0.3) is 11.1 Å². The molecule has 5 heteroatoms. The van der Waals surface area contributed by atoms with E-state index in [0.717, 1.165) is 61.0 Å². The van der Waals surface area contributed by atoms with Crippen molar-refractivity contribution in [2.45, 2.75) is 57.9 Å². The van der Waals surface area contributed by atoms with E-state index < -0.39 is 0 Å². The van der Waals surface area contributed by atoms with Crippen LogP contribution in [0.1, 0.15) is 56.1 Å². The van der Waals surface area contributed by atoms with Gasteiger partial charge in [0.2, 0.25) is 5.91 Å². The summed E-state index contributed by atoms with van der Waals surface area (Å²) in [7, 11) is 1.92. The lowest BCUT2D eigenvalue weighted by atomic mass is 9.88. The molecule has 0 radical (unpaired) electrons. The Balaban J connectivity index is 1.37. The third kappa shape index (κ3) is 6.45. The van der Waals surface area contributed by atoms with E-state index in [1.807, 2.05) is 18.0 Å². The van der Waals surface area contributed by atoms with E-state index >= 15 is 0 Å². The van der Waals surface area contributed by atoms with Crippen molar-refractivity contribution in [3.8, 4) is 11.1 Å². The standard InChI is InChI=1S/C33H38N2O3/c1-34-30-16-14-28(15-17-30)27-12-10-24(11-13-27)23-35(33(37)29-7-3-2-4-8-29)31-9-5-6-25(21-31)20-26-18-19-38-32(36)22-26/h5-6,9-17,21,26,29,34H,2-4,7-8,18-20,22-23H2,1H3. The number of anilines is 2. The number of nitrogens with zero attached hydrogens (tertiary/aromatic N) is 1. The molecule has 1 saturated heterocycles. The zero-order valence-corrected chi connectivity index (χ0v) is 22.3. The summed E-state index contributed by atoms with van der Waals surface area (Å²) in [5.41, 5.74) is 6.66. The Bertz CT molecular complexity index is 1230. The third-order valence-corrected chi connectivity index (χ3v) is 8.01. The highest BCUT2D eigenvalue weighted by Gasteiger charge is 2.28. The number of hydrogen-bond acceptors (Lipinski definition) is 4. The lowest BCUT2D eigenvalue weighted by molar-refractivity contribution is -0.149. The Labute approximate surface area is 226 Å². The molecule has 1 saturated carbocycles. The molecule has 38 heavy (non-hydrogen) atoms. The number of cyclic esters (lactones) is 1. The zero-order chi connectivity index (χ0) is 26.3. The molecule has 1 N–H and O–H groups in total. The van der Waals surface area contributed by atoms with Crippen molar-refractivity contribution in [3.05, 3.63) is 83.9 Å². The number of esters is 1. The van der Waals surface area contributed by atoms with Gasteiger partial charge in [0.15, 0.2) is 0 Å². The fraction of sp³-hybridized carbons (Fsp3) is 0.394. The molecule has 5 rings (SSSR count). The summed E-state index contributed by atoms with van der Waals surface area (Å²) in [5, 5.41) is 3.16. The molecule has 1 heterocycles. The van der Waals surface area contributed by atoms with Crippen LogP contribution in [0.5, 0.6) is 0 Å². The Morgan fingerprint density at radius 1 is 0.895 bits per heavy atom. The van der Waals surface area contributed by atoms with Crippen molar-refractivity contribution < 1.29 is 14.3 Å². The van der Waals surface area contributed by atoms with Gasteiger partial charge in [-0.2, -0.15) is 0 Å². The molecule has 1 aliphatic heterocycles. The van der Waals surface area contributed by atoms with E-state index in [2.05, 4.69) is 72.0 Å². The molecule has 198 valence electrons. The Hall–Kier alpha value is -3.60. The molecule has 0 spiro atoms. The van der Waals surface area contributed by atoms with Gasteiger partial charge in [0, 0.05) is 30.8 Å². The van der Waals surface area contributed by atoms with E-state index in [-0.39, 0.29) is 17.8 Å². The van der Waals surface area contributed by atoms with E-state index in [0.29, 0.717) is 25.5 Å². The van der Waals surface area contributed by atoms with E-state index in [1.54, 1.807) is 0 Å². The van der Waals surface area contributed by atoms with Gasteiger partial charge in [0.25, 0.3) is 0 Å². The lowest BCUT2D eigenvalue weighted by Crippen LogP contribution is -2.36. The first-order valence-electron chi connectivity index (χ1n) is 14.0. The number of hydrogen-bond donors (Lipinski definition) is 1. The first kappa shape index (κ1) is 26.0. The molecule has 3 aromatic rings. The first-order chi connectivity index (χ1) is 18.6. The number of nitrogens with one attached hydrogen (secondary N) is 1. The molecule has 0 bridgehead atoms. The van der Waals surface area contributed by atoms with Crippen molar-refractivity contribution >= 4 is 23.3 Å². The van der Waals surface area contributed by atoms with Crippen LogP contribution in [-0.4, -0.2) is 25.5 Å². The van der Waals surface area contributed by atoms with Crippen molar-refractivity contribution in [2.75, 3.05) is 23.9 Å². The summed E-state index contributed by atoms with van der Waals surface area (Å²) in [6.07, 6.45) is 7.62. The highest BCUT2D eigenvalue weighted by Crippen LogP contribution is 2.31. The summed E-state index contributed by atoms with van der Waals surface area (Å²) in [5.74, 6) is 0.511. The molecule has 1 aliphatic carbocycles. The molecule has 2 fully saturated rings. The molecular formula is C33H38N2O3. The second-order valence-corrected chi connectivity index (χ2v) is 10.7. The minimum absolute atomic E-state index is 0.0884. The van der Waals surface area contributed by atoms with Gasteiger partial charge < -0.3 is 15.0 Å². The number of carbonyl (C=O) groups is 2. The van der Waals surface area contributed by atoms with Gasteiger partial charge >= 0.3 is 5.97 Å². The largest absolute Gasteiger partial charge is 0.466 e. The summed E-state index contributed by atoms with van der Waals surface area (Å²) in [6.45, 7) is 1.05. The van der Waals surface area contributed by atoms with Crippen LogP contribution < -0.4 is 10.2 Å². The van der Waals surface area contributed by atoms with Gasteiger partial charge in [-0.25, -0.2) is 0 Å². The Morgan fingerprint density at radius 3 is 2.29 bits per heavy atom. The molecule has 1 unspecified atom stereocenters. The van der Waals surface area contributed by atoms with Crippen molar-refractivity contribution in [1.29, 1.82) is 0 Å². The van der Waals surface area contributed by atoms with Crippen molar-refractivity contribution in [2.24, 2.45) is 11.8 Å². The third-order valence-electron chi connectivity index (χ3n) is 8.01. The quantitative estimate of drug-likeness (QED) is 0.331. The second kappa shape index (κ2) is 12.3. The van der Waals surface area contributed by atoms with Crippen LogP contribution in [0, 0.1) is 11.8 Å². The van der Waals surface area contributed by atoms with Crippen LogP contribution in [0.4, 0.5) is 11.4 Å². The van der Waals surface area contributed by atoms with Gasteiger partial charge in [0.1, 0.15) is 0 Å². The fourth-order valence-electron chi connectivity index (χ4n) is 5.78. The summed E-state index contributed by atoms with van der Waals surface area (Å²) in [4.78, 5) is 27.6. The SMILES string of the molecule is CNc1ccc(-c2ccc(CN(C(=O)C3CCCCC3)c3cccc(CC4CCOC(=O)C4)c3)cc2)cc1. The monoisotopic (exact) mass is 510 g/mol. The maximum Gasteiger partial charge on any atom is 0.306 e. The van der Waals surface area contributed by atoms with E-state index in [1.165, 1.54) is 17.5 Å². The highest BCUT2D eigenvalue weighted by atomic mass is 16.5. The van der Waals surface area contributed by atoms with Gasteiger partial charge in [-0.3, -0.25) is 9.59 Å². The van der Waals surface area contributed by atoms with Crippen LogP contribution in [0.3, 0.4) is 0 Å². The van der Waals surface area contributed by atoms with Crippen LogP contribution in [-0.2, 0) is 27.3 Å². The highest BCUT2D eigenvalue weighted by molar-refractivity contribution is 5.95. The Morgan fingerprint density at radius 2 is 1.61 bits per heavy atom. The Kier molecular flexibility index (Phi) is 8.42. The maximum atomic E-state index is 13.9. The van der Waals surface area contributed by atoms with E-state index in [9.17, 15) is 9.59 Å². The number of benzene rings is 3. The van der Waals surface area contributed by atoms with Gasteiger partial charge in [-0.1, -0.05) is 67.8 Å². The number of ether oxygens (including phenoxy) is 1. The topological polar surface area (TPSA) is 58.6 Å². The summed E-state index contributed by atoms with van der Waals surface area (Å²) >= 11 is 0. The molecule has 0 aromatic heterocycles. The number of rotatable bonds is 8. The zero-order valence-electron chi connectivity index (χ0n) is 22.3. The maximum absolute atomic E-state index is 13.9. The summed E-state index contributed by atoms with van der Waals surface area (Å²) in [6, 6.07) is 25.3. The molecule has 1 amide bonds. The minimum atomic E-state index is -0.104. The second-order valence-electron chi connectivity index (χ2n) is 10.7. The normalized spacial score (nSPS) is 18.0. The first-order valence-corrected chi connectivity index (χ1v) is 14.0. The van der Waals surface area contributed by atoms with Crippen LogP contribution in [0.2, 0.25) is 0 Å². The smallest absolute Gasteiger partial charge is 0.306 e. The van der Waals surface area contributed by atoms with Crippen LogP contribution in [0.15, 0.2) is 72.8 Å². The molecular weight excluding hydrogens is 472 g/mol. The molecule has 3 aromatic carbocycles. The lowest BCUT2D eigenvalue weighted by Gasteiger charge is -2.30. The van der Waals surface area contributed by atoms with Crippen LogP contribution >= 0.6 is 0 Å². The summed E-state index contributed by atoms with van der Waals surface area (Å²) < 4.78 is 5.13. The molecule has 5 nitrogen and oxygen atoms in total.